The third kappa shape index (κ3) is 5.00. The fraction of sp³-hybridized carbons (Fsp3) is 0.538. The summed E-state index contributed by atoms with van der Waals surface area (Å²) in [5, 5.41) is 2.71. The minimum absolute atomic E-state index is 0.0152. The molecule has 7 nitrogen and oxygen atoms in total. The molecule has 0 amide bonds. The number of hydrogen-bond acceptors (Lipinski definition) is 7. The van der Waals surface area contributed by atoms with Gasteiger partial charge < -0.3 is 4.74 Å². The molecule has 36 heavy (non-hydrogen) atoms. The van der Waals surface area contributed by atoms with E-state index in [1.54, 1.807) is 11.3 Å². The average molecular weight is 554 g/mol. The van der Waals surface area contributed by atoms with Crippen LogP contribution in [0.3, 0.4) is 0 Å². The van der Waals surface area contributed by atoms with Crippen LogP contribution in [0.5, 0.6) is 0 Å². The Morgan fingerprint density at radius 1 is 1.31 bits per heavy atom. The maximum atomic E-state index is 12.3. The SMILES string of the molecule is CC1(C)C2CC[C@]1(CS(=O)(=O)O)C(=O)C2.COC(=O)[C@H](c1ccccc1Cl)N1CCc2sccc2C1. The molecule has 10 heteroatoms. The number of ketones is 1. The molecule has 0 radical (unpaired) electrons. The quantitative estimate of drug-likeness (QED) is 0.413. The van der Waals surface area contributed by atoms with E-state index in [1.807, 2.05) is 38.1 Å². The van der Waals surface area contributed by atoms with Gasteiger partial charge in [-0.2, -0.15) is 8.42 Å². The molecule has 1 aromatic heterocycles. The predicted octanol–water partition coefficient (Wildman–Crippen LogP) is 4.94. The average Bonchev–Trinajstić information content (AvgIpc) is 3.42. The molecule has 2 bridgehead atoms. The van der Waals surface area contributed by atoms with Gasteiger partial charge in [-0.25, -0.2) is 4.79 Å². The van der Waals surface area contributed by atoms with E-state index in [-0.39, 0.29) is 23.1 Å². The van der Waals surface area contributed by atoms with Crippen molar-refractivity contribution in [3.63, 3.8) is 0 Å². The minimum atomic E-state index is -4.08. The van der Waals surface area contributed by atoms with Crippen LogP contribution in [0.15, 0.2) is 35.7 Å². The summed E-state index contributed by atoms with van der Waals surface area (Å²) < 4.78 is 36.0. The van der Waals surface area contributed by atoms with E-state index in [4.69, 9.17) is 20.9 Å². The van der Waals surface area contributed by atoms with Gasteiger partial charge in [0.1, 0.15) is 11.8 Å². The zero-order valence-electron chi connectivity index (χ0n) is 20.7. The summed E-state index contributed by atoms with van der Waals surface area (Å²) in [5.74, 6) is -0.364. The number of rotatable bonds is 5. The van der Waals surface area contributed by atoms with Crippen LogP contribution in [-0.2, 0) is 37.4 Å². The Hall–Kier alpha value is -1.78. The fourth-order valence-electron chi connectivity index (χ4n) is 6.19. The van der Waals surface area contributed by atoms with Gasteiger partial charge in [0.15, 0.2) is 0 Å². The van der Waals surface area contributed by atoms with Crippen LogP contribution < -0.4 is 0 Å². The summed E-state index contributed by atoms with van der Waals surface area (Å²) in [6.07, 6.45) is 2.94. The predicted molar refractivity (Wildman–Crippen MR) is 140 cm³/mol. The Bertz CT molecular complexity index is 1260. The van der Waals surface area contributed by atoms with Gasteiger partial charge in [0.25, 0.3) is 10.1 Å². The van der Waals surface area contributed by atoms with Crippen LogP contribution in [0, 0.1) is 16.7 Å². The first-order valence-corrected chi connectivity index (χ1v) is 14.9. The van der Waals surface area contributed by atoms with Crippen molar-refractivity contribution in [2.75, 3.05) is 19.4 Å². The standard InChI is InChI=1S/C16H16ClNO2S.C10H16O4S/c1-20-16(19)15(12-4-2-3-5-13(12)17)18-8-6-14-11(10-18)7-9-21-14;1-9(2)7-3-4-10(9,8(11)5-7)6-15(12,13)14/h2-5,7,9,15H,6,8,10H2,1H3;7H,3-6H2,1-2H3,(H,12,13,14)/t15-;7?,10-/m00/s1. The minimum Gasteiger partial charge on any atom is -0.468 e. The molecule has 2 fully saturated rings. The van der Waals surface area contributed by atoms with Crippen molar-refractivity contribution in [1.29, 1.82) is 0 Å². The molecule has 2 saturated carbocycles. The van der Waals surface area contributed by atoms with E-state index in [0.29, 0.717) is 17.9 Å². The number of halogens is 1. The largest absolute Gasteiger partial charge is 0.468 e. The molecule has 2 aliphatic carbocycles. The van der Waals surface area contributed by atoms with Crippen molar-refractivity contribution >= 4 is 44.8 Å². The van der Waals surface area contributed by atoms with Gasteiger partial charge in [0, 0.05) is 29.4 Å². The van der Waals surface area contributed by atoms with Crippen LogP contribution in [0.4, 0.5) is 0 Å². The van der Waals surface area contributed by atoms with Gasteiger partial charge in [-0.05, 0) is 59.2 Å². The number of fused-ring (bicyclic) bond motifs is 3. The zero-order chi connectivity index (χ0) is 26.3. The maximum Gasteiger partial charge on any atom is 0.327 e. The van der Waals surface area contributed by atoms with Crippen molar-refractivity contribution in [2.24, 2.45) is 16.7 Å². The summed E-state index contributed by atoms with van der Waals surface area (Å²) in [5.41, 5.74) is 0.988. The Morgan fingerprint density at radius 3 is 2.61 bits per heavy atom. The first kappa shape index (κ1) is 27.3. The van der Waals surface area contributed by atoms with Crippen molar-refractivity contribution in [3.8, 4) is 0 Å². The molecule has 5 rings (SSSR count). The normalized spacial score (nSPS) is 25.6. The summed E-state index contributed by atoms with van der Waals surface area (Å²) in [6.45, 7) is 5.48. The highest BCUT2D eigenvalue weighted by atomic mass is 35.5. The molecule has 2 aromatic rings. The molecule has 1 unspecified atom stereocenters. The second-order valence-electron chi connectivity index (χ2n) is 10.4. The Labute approximate surface area is 221 Å². The summed E-state index contributed by atoms with van der Waals surface area (Å²) >= 11 is 8.07. The van der Waals surface area contributed by atoms with Crippen molar-refractivity contribution < 1.29 is 27.3 Å². The van der Waals surface area contributed by atoms with Crippen LogP contribution in [0.25, 0.3) is 0 Å². The van der Waals surface area contributed by atoms with Gasteiger partial charge >= 0.3 is 5.97 Å². The topological polar surface area (TPSA) is 101 Å². The summed E-state index contributed by atoms with van der Waals surface area (Å²) in [6, 6.07) is 9.16. The van der Waals surface area contributed by atoms with Crippen LogP contribution in [0.2, 0.25) is 5.02 Å². The van der Waals surface area contributed by atoms with Gasteiger partial charge in [0.05, 0.1) is 18.3 Å². The lowest BCUT2D eigenvalue weighted by Crippen LogP contribution is -2.42. The molecular weight excluding hydrogens is 522 g/mol. The Kier molecular flexibility index (Phi) is 7.70. The number of ether oxygens (including phenoxy) is 1. The van der Waals surface area contributed by atoms with Gasteiger partial charge in [0.2, 0.25) is 0 Å². The first-order chi connectivity index (χ1) is 16.9. The number of thiophene rings is 1. The number of carbonyl (C=O) groups excluding carboxylic acids is 2. The number of benzene rings is 1. The second kappa shape index (κ2) is 10.2. The lowest BCUT2D eigenvalue weighted by Gasteiger charge is -2.35. The van der Waals surface area contributed by atoms with Crippen molar-refractivity contribution in [3.05, 3.63) is 56.7 Å². The molecule has 1 aliphatic heterocycles. The number of nitrogens with zero attached hydrogens (tertiary/aromatic N) is 1. The third-order valence-electron chi connectivity index (χ3n) is 8.39. The fourth-order valence-corrected chi connectivity index (χ4v) is 8.62. The Morgan fingerprint density at radius 2 is 2.03 bits per heavy atom. The molecule has 3 aliphatic rings. The first-order valence-electron chi connectivity index (χ1n) is 12.0. The Balaban J connectivity index is 0.000000179. The number of Topliss-reactive ketones (excluding diaryl/α,β-unsaturated/α-hetero) is 1. The molecule has 0 saturated heterocycles. The monoisotopic (exact) mass is 553 g/mol. The smallest absolute Gasteiger partial charge is 0.327 e. The molecule has 3 atom stereocenters. The number of hydrogen-bond donors (Lipinski definition) is 1. The van der Waals surface area contributed by atoms with E-state index >= 15 is 0 Å². The molecule has 2 heterocycles. The van der Waals surface area contributed by atoms with Crippen LogP contribution >= 0.6 is 22.9 Å². The van der Waals surface area contributed by atoms with E-state index in [0.717, 1.165) is 31.5 Å². The highest BCUT2D eigenvalue weighted by molar-refractivity contribution is 7.85. The number of carbonyl (C=O) groups is 2. The van der Waals surface area contributed by atoms with Gasteiger partial charge in [-0.15, -0.1) is 11.3 Å². The van der Waals surface area contributed by atoms with Gasteiger partial charge in [-0.3, -0.25) is 14.2 Å². The van der Waals surface area contributed by atoms with E-state index in [9.17, 15) is 18.0 Å². The summed E-state index contributed by atoms with van der Waals surface area (Å²) in [7, 11) is -2.65. The lowest BCUT2D eigenvalue weighted by atomic mass is 9.70. The van der Waals surface area contributed by atoms with Crippen LogP contribution in [-0.4, -0.2) is 49.0 Å². The van der Waals surface area contributed by atoms with Crippen molar-refractivity contribution in [2.45, 2.75) is 52.1 Å². The number of methoxy groups -OCH3 is 1. The van der Waals surface area contributed by atoms with E-state index < -0.39 is 27.3 Å². The van der Waals surface area contributed by atoms with Gasteiger partial charge in [-0.1, -0.05) is 43.6 Å². The van der Waals surface area contributed by atoms with Crippen molar-refractivity contribution in [1.82, 2.24) is 4.90 Å². The molecule has 1 N–H and O–H groups in total. The molecule has 1 aromatic carbocycles. The third-order valence-corrected chi connectivity index (χ3v) is 10.6. The second-order valence-corrected chi connectivity index (χ2v) is 13.3. The molecule has 196 valence electrons. The molecular formula is C26H32ClNO6S2. The number of esters is 1. The summed E-state index contributed by atoms with van der Waals surface area (Å²) in [4.78, 5) is 27.7. The van der Waals surface area contributed by atoms with E-state index in [2.05, 4.69) is 16.3 Å². The van der Waals surface area contributed by atoms with Crippen LogP contribution in [0.1, 0.15) is 55.2 Å². The van der Waals surface area contributed by atoms with E-state index in [1.165, 1.54) is 17.6 Å². The highest BCUT2D eigenvalue weighted by Crippen LogP contribution is 2.64. The lowest BCUT2D eigenvalue weighted by molar-refractivity contribution is -0.147. The molecule has 0 spiro atoms. The highest BCUT2D eigenvalue weighted by Gasteiger charge is 2.65. The maximum absolute atomic E-state index is 12.3. The zero-order valence-corrected chi connectivity index (χ0v) is 23.1.